The minimum atomic E-state index is -0.0424. The molecule has 0 spiro atoms. The lowest BCUT2D eigenvalue weighted by atomic mass is 10.1. The summed E-state index contributed by atoms with van der Waals surface area (Å²) >= 11 is 1.63. The fourth-order valence-corrected chi connectivity index (χ4v) is 4.02. The van der Waals surface area contributed by atoms with Crippen LogP contribution in [0.2, 0.25) is 0 Å². The van der Waals surface area contributed by atoms with Gasteiger partial charge in [-0.25, -0.2) is 0 Å². The van der Waals surface area contributed by atoms with E-state index in [4.69, 9.17) is 9.26 Å². The number of methoxy groups -OCH3 is 1. The number of thiophene rings is 1. The van der Waals surface area contributed by atoms with Gasteiger partial charge >= 0.3 is 0 Å². The highest BCUT2D eigenvalue weighted by molar-refractivity contribution is 7.13. The third-order valence-corrected chi connectivity index (χ3v) is 5.51. The summed E-state index contributed by atoms with van der Waals surface area (Å²) in [6.45, 7) is 2.90. The average Bonchev–Trinajstić information content (AvgIpc) is 3.48. The second kappa shape index (κ2) is 8.96. The van der Waals surface area contributed by atoms with Gasteiger partial charge < -0.3 is 14.6 Å². The largest absolute Gasteiger partial charge is 0.497 e. The number of aryl methyl sites for hydroxylation is 1. The van der Waals surface area contributed by atoms with Gasteiger partial charge in [0.2, 0.25) is 5.91 Å². The third-order valence-electron chi connectivity index (χ3n) is 4.63. The van der Waals surface area contributed by atoms with Gasteiger partial charge in [0, 0.05) is 12.6 Å². The molecule has 8 heteroatoms. The molecule has 0 saturated heterocycles. The number of ether oxygens (including phenoxy) is 1. The molecule has 1 aromatic carbocycles. The smallest absolute Gasteiger partial charge is 0.224 e. The van der Waals surface area contributed by atoms with E-state index in [1.54, 1.807) is 24.6 Å². The molecule has 0 radical (unpaired) electrons. The molecule has 3 aromatic heterocycles. The van der Waals surface area contributed by atoms with Crippen LogP contribution in [-0.2, 0) is 17.8 Å². The van der Waals surface area contributed by atoms with Gasteiger partial charge in [0.05, 0.1) is 48.1 Å². The molecule has 0 aliphatic carbocycles. The van der Waals surface area contributed by atoms with Crippen molar-refractivity contribution in [2.45, 2.75) is 19.9 Å². The molecule has 3 heterocycles. The van der Waals surface area contributed by atoms with E-state index in [1.165, 1.54) is 0 Å². The lowest BCUT2D eigenvalue weighted by Crippen LogP contribution is -2.29. The topological polar surface area (TPSA) is 82.2 Å². The molecule has 0 atom stereocenters. The fraction of sp³-hybridized carbons (Fsp3) is 0.227. The minimum absolute atomic E-state index is 0.0424. The zero-order chi connectivity index (χ0) is 20.9. The average molecular weight is 423 g/mol. The molecule has 7 nitrogen and oxygen atoms in total. The number of aromatic nitrogens is 3. The number of hydrogen-bond acceptors (Lipinski definition) is 6. The van der Waals surface area contributed by atoms with Crippen molar-refractivity contribution in [3.05, 3.63) is 65.3 Å². The number of carbonyl (C=O) groups excluding carboxylic acids is 1. The van der Waals surface area contributed by atoms with Crippen molar-refractivity contribution >= 4 is 17.2 Å². The van der Waals surface area contributed by atoms with E-state index in [0.29, 0.717) is 25.3 Å². The van der Waals surface area contributed by atoms with Crippen LogP contribution < -0.4 is 10.1 Å². The van der Waals surface area contributed by atoms with Crippen LogP contribution in [0, 0.1) is 6.92 Å². The van der Waals surface area contributed by atoms with E-state index >= 15 is 0 Å². The van der Waals surface area contributed by atoms with Crippen LogP contribution in [0.25, 0.3) is 21.9 Å². The highest BCUT2D eigenvalue weighted by Crippen LogP contribution is 2.34. The Morgan fingerprint density at radius 3 is 2.90 bits per heavy atom. The third kappa shape index (κ3) is 4.44. The van der Waals surface area contributed by atoms with Crippen molar-refractivity contribution < 1.29 is 14.1 Å². The van der Waals surface area contributed by atoms with E-state index < -0.39 is 0 Å². The number of carbonyl (C=O) groups is 1. The van der Waals surface area contributed by atoms with Crippen molar-refractivity contribution in [2.75, 3.05) is 13.7 Å². The standard InChI is InChI=1S/C22H22N4O3S/c1-15-11-19(29-25-15)18-14-24-26(22(18)20-7-4-10-30-20)9-8-23-21(27)13-16-5-3-6-17(12-16)28-2/h3-7,10-12,14H,8-9,13H2,1-2H3,(H,23,27). The van der Waals surface area contributed by atoms with Gasteiger partial charge in [-0.3, -0.25) is 9.48 Å². The Morgan fingerprint density at radius 2 is 2.17 bits per heavy atom. The summed E-state index contributed by atoms with van der Waals surface area (Å²) in [5, 5.41) is 13.5. The van der Waals surface area contributed by atoms with Crippen LogP contribution in [0.5, 0.6) is 5.75 Å². The van der Waals surface area contributed by atoms with Crippen LogP contribution >= 0.6 is 11.3 Å². The van der Waals surface area contributed by atoms with Crippen molar-refractivity contribution in [2.24, 2.45) is 0 Å². The molecule has 0 fully saturated rings. The van der Waals surface area contributed by atoms with Crippen molar-refractivity contribution in [3.8, 4) is 27.6 Å². The molecule has 0 unspecified atom stereocenters. The van der Waals surface area contributed by atoms with Gasteiger partial charge in [-0.05, 0) is 36.1 Å². The summed E-state index contributed by atoms with van der Waals surface area (Å²) in [6.07, 6.45) is 2.09. The Hall–Kier alpha value is -3.39. The summed E-state index contributed by atoms with van der Waals surface area (Å²) in [6, 6.07) is 13.5. The van der Waals surface area contributed by atoms with Gasteiger partial charge in [0.1, 0.15) is 5.75 Å². The summed E-state index contributed by atoms with van der Waals surface area (Å²) in [4.78, 5) is 13.4. The fourth-order valence-electron chi connectivity index (χ4n) is 3.23. The van der Waals surface area contributed by atoms with Crippen LogP contribution in [0.1, 0.15) is 11.3 Å². The molecule has 1 N–H and O–H groups in total. The molecule has 1 amide bonds. The Kier molecular flexibility index (Phi) is 5.94. The lowest BCUT2D eigenvalue weighted by molar-refractivity contribution is -0.120. The maximum absolute atomic E-state index is 12.3. The predicted molar refractivity (Wildman–Crippen MR) is 115 cm³/mol. The van der Waals surface area contributed by atoms with E-state index in [-0.39, 0.29) is 5.91 Å². The van der Waals surface area contributed by atoms with Crippen LogP contribution in [0.3, 0.4) is 0 Å². The SMILES string of the molecule is COc1cccc(CC(=O)NCCn2ncc(-c3cc(C)no3)c2-c2cccs2)c1. The zero-order valence-electron chi connectivity index (χ0n) is 16.8. The predicted octanol–water partition coefficient (Wildman–Crippen LogP) is 3.94. The van der Waals surface area contributed by atoms with E-state index in [1.807, 2.05) is 59.5 Å². The Morgan fingerprint density at radius 1 is 1.27 bits per heavy atom. The summed E-state index contributed by atoms with van der Waals surface area (Å²) in [5.74, 6) is 1.39. The van der Waals surface area contributed by atoms with Crippen LogP contribution in [0.4, 0.5) is 0 Å². The van der Waals surface area contributed by atoms with E-state index in [2.05, 4.69) is 15.6 Å². The van der Waals surface area contributed by atoms with Crippen LogP contribution in [0.15, 0.2) is 58.6 Å². The number of nitrogens with one attached hydrogen (secondary N) is 1. The Bertz CT molecular complexity index is 1130. The molecule has 0 aliphatic heterocycles. The first-order chi connectivity index (χ1) is 14.6. The molecular weight excluding hydrogens is 400 g/mol. The molecule has 30 heavy (non-hydrogen) atoms. The summed E-state index contributed by atoms with van der Waals surface area (Å²) in [5.41, 5.74) is 3.58. The van der Waals surface area contributed by atoms with Gasteiger partial charge in [-0.15, -0.1) is 11.3 Å². The highest BCUT2D eigenvalue weighted by atomic mass is 32.1. The quantitative estimate of drug-likeness (QED) is 0.465. The molecule has 0 aliphatic rings. The number of amides is 1. The number of benzene rings is 1. The van der Waals surface area contributed by atoms with Crippen molar-refractivity contribution in [1.29, 1.82) is 0 Å². The van der Waals surface area contributed by atoms with Gasteiger partial charge in [0.15, 0.2) is 5.76 Å². The maximum Gasteiger partial charge on any atom is 0.224 e. The number of nitrogens with zero attached hydrogens (tertiary/aromatic N) is 3. The van der Waals surface area contributed by atoms with E-state index in [9.17, 15) is 4.79 Å². The van der Waals surface area contributed by atoms with E-state index in [0.717, 1.165) is 33.1 Å². The number of hydrogen-bond donors (Lipinski definition) is 1. The summed E-state index contributed by atoms with van der Waals surface area (Å²) in [7, 11) is 1.61. The normalized spacial score (nSPS) is 10.9. The molecule has 0 bridgehead atoms. The van der Waals surface area contributed by atoms with Gasteiger partial charge in [-0.2, -0.15) is 5.10 Å². The van der Waals surface area contributed by atoms with Crippen LogP contribution in [-0.4, -0.2) is 34.5 Å². The van der Waals surface area contributed by atoms with Gasteiger partial charge in [-0.1, -0.05) is 23.4 Å². The number of rotatable bonds is 8. The molecule has 154 valence electrons. The molecule has 0 saturated carbocycles. The summed E-state index contributed by atoms with van der Waals surface area (Å²) < 4.78 is 12.6. The lowest BCUT2D eigenvalue weighted by Gasteiger charge is -2.09. The first-order valence-electron chi connectivity index (χ1n) is 9.57. The van der Waals surface area contributed by atoms with Crippen molar-refractivity contribution in [3.63, 3.8) is 0 Å². The highest BCUT2D eigenvalue weighted by Gasteiger charge is 2.18. The minimum Gasteiger partial charge on any atom is -0.497 e. The zero-order valence-corrected chi connectivity index (χ0v) is 17.6. The molecular formula is C22H22N4O3S. The maximum atomic E-state index is 12.3. The second-order valence-electron chi connectivity index (χ2n) is 6.82. The molecule has 4 rings (SSSR count). The van der Waals surface area contributed by atoms with Gasteiger partial charge in [0.25, 0.3) is 0 Å². The molecule has 4 aromatic rings. The first kappa shape index (κ1) is 19.9. The second-order valence-corrected chi connectivity index (χ2v) is 7.77. The Balaban J connectivity index is 1.44. The van der Waals surface area contributed by atoms with Crippen molar-refractivity contribution in [1.82, 2.24) is 20.3 Å². The first-order valence-corrected chi connectivity index (χ1v) is 10.4. The monoisotopic (exact) mass is 422 g/mol. The Labute approximate surface area is 178 Å².